The summed E-state index contributed by atoms with van der Waals surface area (Å²) in [7, 11) is 0. The minimum atomic E-state index is -0.163. The van der Waals surface area contributed by atoms with Crippen LogP contribution in [0.3, 0.4) is 0 Å². The summed E-state index contributed by atoms with van der Waals surface area (Å²) in [6, 6.07) is 4.94. The van der Waals surface area contributed by atoms with Crippen molar-refractivity contribution in [3.8, 4) is 0 Å². The van der Waals surface area contributed by atoms with Crippen LogP contribution in [0.25, 0.3) is 0 Å². The van der Waals surface area contributed by atoms with Crippen molar-refractivity contribution in [3.63, 3.8) is 0 Å². The van der Waals surface area contributed by atoms with E-state index < -0.39 is 0 Å². The Morgan fingerprint density at radius 2 is 1.95 bits per heavy atom. The van der Waals surface area contributed by atoms with Crippen LogP contribution in [-0.2, 0) is 13.1 Å². The second-order valence-corrected chi connectivity index (χ2v) is 5.97. The summed E-state index contributed by atoms with van der Waals surface area (Å²) in [6.07, 6.45) is 2.51. The van der Waals surface area contributed by atoms with Gasteiger partial charge in [-0.1, -0.05) is 19.9 Å². The normalized spacial score (nSPS) is 18.2. The van der Waals surface area contributed by atoms with Gasteiger partial charge in [0, 0.05) is 13.1 Å². The first kappa shape index (κ1) is 14.5. The summed E-state index contributed by atoms with van der Waals surface area (Å²) >= 11 is 0. The Morgan fingerprint density at radius 3 is 2.53 bits per heavy atom. The highest BCUT2D eigenvalue weighted by Gasteiger charge is 2.21. The molecule has 106 valence electrons. The van der Waals surface area contributed by atoms with Gasteiger partial charge in [-0.25, -0.2) is 4.39 Å². The largest absolute Gasteiger partial charge is 0.326 e. The third-order valence-corrected chi connectivity index (χ3v) is 4.36. The van der Waals surface area contributed by atoms with Gasteiger partial charge in [0.05, 0.1) is 0 Å². The van der Waals surface area contributed by atoms with Gasteiger partial charge in [0.1, 0.15) is 5.82 Å². The average molecular weight is 264 g/mol. The van der Waals surface area contributed by atoms with Crippen LogP contribution >= 0.6 is 0 Å². The van der Waals surface area contributed by atoms with Gasteiger partial charge >= 0.3 is 0 Å². The predicted molar refractivity (Wildman–Crippen MR) is 77.1 cm³/mol. The molecule has 2 N–H and O–H groups in total. The number of halogens is 1. The van der Waals surface area contributed by atoms with E-state index in [0.29, 0.717) is 6.54 Å². The second kappa shape index (κ2) is 6.49. The van der Waals surface area contributed by atoms with Gasteiger partial charge in [-0.05, 0) is 61.0 Å². The molecular weight excluding hydrogens is 239 g/mol. The molecule has 0 unspecified atom stereocenters. The molecule has 0 atom stereocenters. The zero-order chi connectivity index (χ0) is 13.8. The molecule has 2 nitrogen and oxygen atoms in total. The van der Waals surface area contributed by atoms with Crippen LogP contribution in [0.15, 0.2) is 18.2 Å². The van der Waals surface area contributed by atoms with Crippen molar-refractivity contribution in [3.05, 3.63) is 35.1 Å². The molecule has 0 radical (unpaired) electrons. The lowest BCUT2D eigenvalue weighted by atomic mass is 9.86. The Kier molecular flexibility index (Phi) is 4.94. The topological polar surface area (TPSA) is 29.3 Å². The number of hydrogen-bond acceptors (Lipinski definition) is 2. The smallest absolute Gasteiger partial charge is 0.123 e. The molecule has 1 saturated heterocycles. The molecule has 3 heteroatoms. The Hall–Kier alpha value is -0.930. The van der Waals surface area contributed by atoms with Crippen LogP contribution in [0, 0.1) is 17.7 Å². The van der Waals surface area contributed by atoms with E-state index in [4.69, 9.17) is 5.73 Å². The summed E-state index contributed by atoms with van der Waals surface area (Å²) in [5, 5.41) is 0. The molecule has 1 fully saturated rings. The van der Waals surface area contributed by atoms with Gasteiger partial charge in [0.25, 0.3) is 0 Å². The first-order valence-corrected chi connectivity index (χ1v) is 7.30. The van der Waals surface area contributed by atoms with Crippen LogP contribution in [0.5, 0.6) is 0 Å². The summed E-state index contributed by atoms with van der Waals surface area (Å²) in [6.45, 7) is 8.15. The van der Waals surface area contributed by atoms with Crippen LogP contribution in [0.1, 0.15) is 37.8 Å². The van der Waals surface area contributed by atoms with Crippen molar-refractivity contribution < 1.29 is 4.39 Å². The monoisotopic (exact) mass is 264 g/mol. The lowest BCUT2D eigenvalue weighted by molar-refractivity contribution is 0.151. The first-order valence-electron chi connectivity index (χ1n) is 7.30. The van der Waals surface area contributed by atoms with Crippen molar-refractivity contribution in [2.75, 3.05) is 13.1 Å². The van der Waals surface area contributed by atoms with E-state index in [2.05, 4.69) is 18.7 Å². The number of benzene rings is 1. The van der Waals surface area contributed by atoms with Crippen LogP contribution in [-0.4, -0.2) is 18.0 Å². The highest BCUT2D eigenvalue weighted by Crippen LogP contribution is 2.25. The van der Waals surface area contributed by atoms with Gasteiger partial charge < -0.3 is 5.73 Å². The van der Waals surface area contributed by atoms with Gasteiger partial charge in [-0.3, -0.25) is 4.90 Å². The molecule has 1 aromatic carbocycles. The quantitative estimate of drug-likeness (QED) is 0.905. The summed E-state index contributed by atoms with van der Waals surface area (Å²) < 4.78 is 13.3. The van der Waals surface area contributed by atoms with Gasteiger partial charge in [0.2, 0.25) is 0 Å². The van der Waals surface area contributed by atoms with Gasteiger partial charge in [-0.2, -0.15) is 0 Å². The Morgan fingerprint density at radius 1 is 1.26 bits per heavy atom. The number of rotatable bonds is 4. The van der Waals surface area contributed by atoms with Crippen LogP contribution in [0.2, 0.25) is 0 Å². The van der Waals surface area contributed by atoms with E-state index >= 15 is 0 Å². The average Bonchev–Trinajstić information content (AvgIpc) is 2.39. The maximum atomic E-state index is 13.3. The van der Waals surface area contributed by atoms with E-state index in [1.807, 2.05) is 6.07 Å². The van der Waals surface area contributed by atoms with E-state index in [1.54, 1.807) is 6.07 Å². The predicted octanol–water partition coefficient (Wildman–Crippen LogP) is 3.15. The lowest BCUT2D eigenvalue weighted by Crippen LogP contribution is -2.35. The summed E-state index contributed by atoms with van der Waals surface area (Å²) in [5.41, 5.74) is 7.84. The third kappa shape index (κ3) is 3.77. The summed E-state index contributed by atoms with van der Waals surface area (Å²) in [5.74, 6) is 1.46. The number of likely N-dealkylation sites (tertiary alicyclic amines) is 1. The van der Waals surface area contributed by atoms with Crippen LogP contribution in [0.4, 0.5) is 4.39 Å². The highest BCUT2D eigenvalue weighted by atomic mass is 19.1. The van der Waals surface area contributed by atoms with Crippen molar-refractivity contribution >= 4 is 0 Å². The first-order chi connectivity index (χ1) is 9.10. The Bertz CT molecular complexity index is 409. The zero-order valence-electron chi connectivity index (χ0n) is 12.0. The maximum Gasteiger partial charge on any atom is 0.123 e. The molecule has 0 aliphatic carbocycles. The molecule has 0 bridgehead atoms. The third-order valence-electron chi connectivity index (χ3n) is 4.36. The minimum Gasteiger partial charge on any atom is -0.326 e. The number of nitrogens with zero attached hydrogens (tertiary/aromatic N) is 1. The fraction of sp³-hybridized carbons (Fsp3) is 0.625. The van der Waals surface area contributed by atoms with Gasteiger partial charge in [-0.15, -0.1) is 0 Å². The molecule has 2 rings (SSSR count). The number of hydrogen-bond donors (Lipinski definition) is 1. The second-order valence-electron chi connectivity index (χ2n) is 5.97. The molecule has 1 aliphatic rings. The molecule has 1 aromatic rings. The number of piperidine rings is 1. The molecule has 1 heterocycles. The van der Waals surface area contributed by atoms with E-state index in [9.17, 15) is 4.39 Å². The molecule has 0 aromatic heterocycles. The standard InChI is InChI=1S/C16H25FN2/c1-12(2)13-5-7-19(8-6-13)11-15-9-16(17)4-3-14(15)10-18/h3-4,9,12-13H,5-8,10-11,18H2,1-2H3. The fourth-order valence-electron chi connectivity index (χ4n) is 2.96. The molecule has 0 saturated carbocycles. The van der Waals surface area contributed by atoms with Crippen molar-refractivity contribution in [1.82, 2.24) is 4.90 Å². The zero-order valence-corrected chi connectivity index (χ0v) is 12.0. The Labute approximate surface area is 115 Å². The van der Waals surface area contributed by atoms with E-state index in [-0.39, 0.29) is 5.82 Å². The molecule has 0 spiro atoms. The van der Waals surface area contributed by atoms with Crippen molar-refractivity contribution in [2.45, 2.75) is 39.8 Å². The summed E-state index contributed by atoms with van der Waals surface area (Å²) in [4.78, 5) is 2.42. The highest BCUT2D eigenvalue weighted by molar-refractivity contribution is 5.27. The Balaban J connectivity index is 1.97. The number of nitrogens with two attached hydrogens (primary N) is 1. The molecule has 1 aliphatic heterocycles. The van der Waals surface area contributed by atoms with Gasteiger partial charge in [0.15, 0.2) is 0 Å². The van der Waals surface area contributed by atoms with Crippen molar-refractivity contribution in [1.29, 1.82) is 0 Å². The van der Waals surface area contributed by atoms with Crippen molar-refractivity contribution in [2.24, 2.45) is 17.6 Å². The van der Waals surface area contributed by atoms with E-state index in [1.165, 1.54) is 18.9 Å². The molecule has 0 amide bonds. The SMILES string of the molecule is CC(C)C1CCN(Cc2cc(F)ccc2CN)CC1. The molecular formula is C16H25FN2. The van der Waals surface area contributed by atoms with Crippen LogP contribution < -0.4 is 5.73 Å². The maximum absolute atomic E-state index is 13.3. The lowest BCUT2D eigenvalue weighted by Gasteiger charge is -2.34. The minimum absolute atomic E-state index is 0.163. The fourth-order valence-corrected chi connectivity index (χ4v) is 2.96. The van der Waals surface area contributed by atoms with E-state index in [0.717, 1.165) is 42.6 Å². The molecule has 19 heavy (non-hydrogen) atoms.